The highest BCUT2D eigenvalue weighted by molar-refractivity contribution is 6.33. The third-order valence-electron chi connectivity index (χ3n) is 3.02. The maximum atomic E-state index is 10.8. The molecule has 100 valence electrons. The zero-order chi connectivity index (χ0) is 14.0. The molecule has 0 fully saturated rings. The number of anilines is 1. The van der Waals surface area contributed by atoms with Crippen LogP contribution in [0.15, 0.2) is 24.4 Å². The number of aromatic nitrogens is 2. The molecule has 2 N–H and O–H groups in total. The molecule has 0 aliphatic carbocycles. The number of nitrogens with zero attached hydrogens (tertiary/aromatic N) is 2. The van der Waals surface area contributed by atoms with Crippen molar-refractivity contribution < 1.29 is 9.90 Å². The molecule has 1 heterocycles. The van der Waals surface area contributed by atoms with Crippen LogP contribution in [0.1, 0.15) is 21.6 Å². The van der Waals surface area contributed by atoms with E-state index in [1.54, 1.807) is 16.9 Å². The van der Waals surface area contributed by atoms with Gasteiger partial charge in [0, 0.05) is 24.8 Å². The minimum absolute atomic E-state index is 0.174. The number of hydrogen-bond acceptors (Lipinski definition) is 3. The molecule has 2 rings (SSSR count). The highest BCUT2D eigenvalue weighted by Gasteiger charge is 2.08. The minimum atomic E-state index is -0.989. The molecule has 0 saturated heterocycles. The van der Waals surface area contributed by atoms with Crippen LogP contribution in [-0.2, 0) is 13.6 Å². The highest BCUT2D eigenvalue weighted by atomic mass is 35.5. The molecule has 0 spiro atoms. The molecule has 0 aliphatic heterocycles. The first-order valence-electron chi connectivity index (χ1n) is 5.73. The Hall–Kier alpha value is -2.01. The fraction of sp³-hybridized carbons (Fsp3) is 0.231. The number of halogens is 1. The van der Waals surface area contributed by atoms with Crippen molar-refractivity contribution in [3.05, 3.63) is 46.2 Å². The van der Waals surface area contributed by atoms with Crippen LogP contribution in [0, 0.1) is 6.92 Å². The normalized spacial score (nSPS) is 10.5. The van der Waals surface area contributed by atoms with Crippen LogP contribution in [0.3, 0.4) is 0 Å². The van der Waals surface area contributed by atoms with E-state index in [1.807, 2.05) is 14.0 Å². The smallest absolute Gasteiger partial charge is 0.335 e. The molecular weight excluding hydrogens is 266 g/mol. The lowest BCUT2D eigenvalue weighted by Crippen LogP contribution is -2.03. The van der Waals surface area contributed by atoms with Crippen LogP contribution < -0.4 is 5.32 Å². The van der Waals surface area contributed by atoms with E-state index in [9.17, 15) is 4.79 Å². The van der Waals surface area contributed by atoms with Crippen molar-refractivity contribution in [2.75, 3.05) is 5.32 Å². The van der Waals surface area contributed by atoms with E-state index < -0.39 is 5.97 Å². The molecule has 0 bridgehead atoms. The van der Waals surface area contributed by atoms with Crippen molar-refractivity contribution in [1.82, 2.24) is 9.78 Å². The number of hydrogen-bond donors (Lipinski definition) is 2. The minimum Gasteiger partial charge on any atom is -0.478 e. The lowest BCUT2D eigenvalue weighted by molar-refractivity contribution is 0.0697. The van der Waals surface area contributed by atoms with Crippen molar-refractivity contribution in [2.24, 2.45) is 7.05 Å². The number of carboxylic acids is 1. The molecule has 0 amide bonds. The summed E-state index contributed by atoms with van der Waals surface area (Å²) in [6, 6.07) is 4.62. The summed E-state index contributed by atoms with van der Waals surface area (Å²) in [7, 11) is 1.88. The Bertz CT molecular complexity index is 622. The molecule has 5 nitrogen and oxygen atoms in total. The Labute approximate surface area is 115 Å². The van der Waals surface area contributed by atoms with Crippen molar-refractivity contribution in [3.8, 4) is 0 Å². The number of aromatic carboxylic acids is 1. The first-order valence-corrected chi connectivity index (χ1v) is 6.11. The van der Waals surface area contributed by atoms with Gasteiger partial charge in [0.25, 0.3) is 0 Å². The summed E-state index contributed by atoms with van der Waals surface area (Å²) < 4.78 is 1.80. The monoisotopic (exact) mass is 279 g/mol. The van der Waals surface area contributed by atoms with E-state index in [1.165, 1.54) is 12.1 Å². The molecule has 0 aliphatic rings. The number of aryl methyl sites for hydroxylation is 1. The summed E-state index contributed by atoms with van der Waals surface area (Å²) >= 11 is 6.04. The van der Waals surface area contributed by atoms with Gasteiger partial charge in [-0.05, 0) is 25.1 Å². The Kier molecular flexibility index (Phi) is 3.76. The zero-order valence-corrected chi connectivity index (χ0v) is 11.4. The first kappa shape index (κ1) is 13.4. The van der Waals surface area contributed by atoms with Gasteiger partial charge in [0.15, 0.2) is 0 Å². The predicted molar refractivity (Wildman–Crippen MR) is 73.7 cm³/mol. The standard InChI is InChI=1S/C13H14ClN3O2/c1-8-10(7-16-17(8)2)6-15-12-4-3-9(13(18)19)5-11(12)14/h3-5,7,15H,6H2,1-2H3,(H,18,19). The number of carbonyl (C=O) groups is 1. The lowest BCUT2D eigenvalue weighted by atomic mass is 10.2. The van der Waals surface area contributed by atoms with Gasteiger partial charge < -0.3 is 10.4 Å². The average Bonchev–Trinajstić information content (AvgIpc) is 2.68. The summed E-state index contributed by atoms with van der Waals surface area (Å²) in [6.07, 6.45) is 1.79. The zero-order valence-electron chi connectivity index (χ0n) is 10.6. The molecule has 2 aromatic rings. The van der Waals surface area contributed by atoms with E-state index in [0.717, 1.165) is 11.3 Å². The second kappa shape index (κ2) is 5.32. The SMILES string of the molecule is Cc1c(CNc2ccc(C(=O)O)cc2Cl)cnn1C. The molecule has 0 saturated carbocycles. The number of rotatable bonds is 4. The Morgan fingerprint density at radius 1 is 1.53 bits per heavy atom. The second-order valence-corrected chi connectivity index (χ2v) is 4.64. The Morgan fingerprint density at radius 2 is 2.26 bits per heavy atom. The van der Waals surface area contributed by atoms with Crippen molar-refractivity contribution in [2.45, 2.75) is 13.5 Å². The fourth-order valence-electron chi connectivity index (χ4n) is 1.70. The molecule has 6 heteroatoms. The van der Waals surface area contributed by atoms with Crippen LogP contribution in [0.25, 0.3) is 0 Å². The van der Waals surface area contributed by atoms with Crippen LogP contribution in [0.5, 0.6) is 0 Å². The van der Waals surface area contributed by atoms with Crippen molar-refractivity contribution in [1.29, 1.82) is 0 Å². The first-order chi connectivity index (χ1) is 8.99. The van der Waals surface area contributed by atoms with Crippen molar-refractivity contribution in [3.63, 3.8) is 0 Å². The van der Waals surface area contributed by atoms with Gasteiger partial charge in [0.05, 0.1) is 22.5 Å². The fourth-order valence-corrected chi connectivity index (χ4v) is 1.95. The summed E-state index contributed by atoms with van der Waals surface area (Å²) in [6.45, 7) is 2.57. The number of nitrogens with one attached hydrogen (secondary N) is 1. The summed E-state index contributed by atoms with van der Waals surface area (Å²) in [5, 5.41) is 16.6. The topological polar surface area (TPSA) is 67.2 Å². The average molecular weight is 280 g/mol. The van der Waals surface area contributed by atoms with Gasteiger partial charge in [-0.1, -0.05) is 11.6 Å². The maximum absolute atomic E-state index is 10.8. The molecule has 0 unspecified atom stereocenters. The van der Waals surface area contributed by atoms with Gasteiger partial charge in [-0.3, -0.25) is 4.68 Å². The summed E-state index contributed by atoms with van der Waals surface area (Å²) in [5.41, 5.74) is 3.02. The molecule has 0 radical (unpaired) electrons. The lowest BCUT2D eigenvalue weighted by Gasteiger charge is -2.08. The van der Waals surface area contributed by atoms with Gasteiger partial charge >= 0.3 is 5.97 Å². The van der Waals surface area contributed by atoms with Crippen LogP contribution in [-0.4, -0.2) is 20.9 Å². The Balaban J connectivity index is 2.12. The van der Waals surface area contributed by atoms with Crippen LogP contribution >= 0.6 is 11.6 Å². The third-order valence-corrected chi connectivity index (χ3v) is 3.33. The van der Waals surface area contributed by atoms with E-state index >= 15 is 0 Å². The predicted octanol–water partition coefficient (Wildman–Crippen LogP) is 2.69. The molecule has 1 aromatic carbocycles. The molecule has 0 atom stereocenters. The highest BCUT2D eigenvalue weighted by Crippen LogP contribution is 2.24. The maximum Gasteiger partial charge on any atom is 0.335 e. The largest absolute Gasteiger partial charge is 0.478 e. The van der Waals surface area contributed by atoms with Gasteiger partial charge in [-0.25, -0.2) is 4.79 Å². The number of carboxylic acid groups (broad SMARTS) is 1. The second-order valence-electron chi connectivity index (χ2n) is 4.23. The van der Waals surface area contributed by atoms with E-state index in [2.05, 4.69) is 10.4 Å². The summed E-state index contributed by atoms with van der Waals surface area (Å²) in [4.78, 5) is 10.8. The molecular formula is C13H14ClN3O2. The molecule has 19 heavy (non-hydrogen) atoms. The van der Waals surface area contributed by atoms with Gasteiger partial charge in [-0.15, -0.1) is 0 Å². The van der Waals surface area contributed by atoms with E-state index in [4.69, 9.17) is 16.7 Å². The Morgan fingerprint density at radius 3 is 2.79 bits per heavy atom. The van der Waals surface area contributed by atoms with E-state index in [0.29, 0.717) is 17.3 Å². The van der Waals surface area contributed by atoms with Crippen LogP contribution in [0.2, 0.25) is 5.02 Å². The van der Waals surface area contributed by atoms with Gasteiger partial charge in [0.2, 0.25) is 0 Å². The van der Waals surface area contributed by atoms with E-state index in [-0.39, 0.29) is 5.56 Å². The number of benzene rings is 1. The summed E-state index contributed by atoms with van der Waals surface area (Å²) in [5.74, 6) is -0.989. The quantitative estimate of drug-likeness (QED) is 0.903. The van der Waals surface area contributed by atoms with Crippen molar-refractivity contribution >= 4 is 23.3 Å². The van der Waals surface area contributed by atoms with Gasteiger partial charge in [0.1, 0.15) is 0 Å². The van der Waals surface area contributed by atoms with Gasteiger partial charge in [-0.2, -0.15) is 5.10 Å². The van der Waals surface area contributed by atoms with Crippen LogP contribution in [0.4, 0.5) is 5.69 Å². The molecule has 1 aromatic heterocycles. The third kappa shape index (κ3) is 2.88.